The first-order valence-electron chi connectivity index (χ1n) is 4.37. The second-order valence-electron chi connectivity index (χ2n) is 3.78. The van der Waals surface area contributed by atoms with Gasteiger partial charge in [0, 0.05) is 18.2 Å². The van der Waals surface area contributed by atoms with Crippen LogP contribution in [0.1, 0.15) is 20.8 Å². The Hall–Kier alpha value is -0.840. The van der Waals surface area contributed by atoms with Crippen LogP contribution in [0, 0.1) is 0 Å². The molecule has 0 aromatic rings. The molecule has 0 aliphatic rings. The summed E-state index contributed by atoms with van der Waals surface area (Å²) in [5, 5.41) is 5.39. The minimum absolute atomic E-state index is 0.360. The summed E-state index contributed by atoms with van der Waals surface area (Å²) in [6, 6.07) is 0. The Bertz CT molecular complexity index is 221. The van der Waals surface area contributed by atoms with Crippen LogP contribution in [-0.2, 0) is 4.74 Å². The second-order valence-corrected chi connectivity index (χ2v) is 4.35. The van der Waals surface area contributed by atoms with Crippen molar-refractivity contribution in [3.05, 3.63) is 11.1 Å². The number of rotatable bonds is 3. The van der Waals surface area contributed by atoms with Gasteiger partial charge in [-0.25, -0.2) is 4.79 Å². The van der Waals surface area contributed by atoms with Crippen LogP contribution in [0.3, 0.4) is 0 Å². The quantitative estimate of drug-likeness (QED) is 0.629. The SMILES string of the molecule is CN/C=C(\S)CNC(=O)OC(C)(C)C. The van der Waals surface area contributed by atoms with Crippen molar-refractivity contribution in [1.82, 2.24) is 10.6 Å². The summed E-state index contributed by atoms with van der Waals surface area (Å²) in [5.41, 5.74) is -0.465. The smallest absolute Gasteiger partial charge is 0.407 e. The van der Waals surface area contributed by atoms with Gasteiger partial charge in [-0.2, -0.15) is 0 Å². The van der Waals surface area contributed by atoms with Crippen molar-refractivity contribution in [3.63, 3.8) is 0 Å². The van der Waals surface area contributed by atoms with E-state index < -0.39 is 11.7 Å². The lowest BCUT2D eigenvalue weighted by molar-refractivity contribution is 0.0533. The molecule has 4 nitrogen and oxygen atoms in total. The predicted molar refractivity (Wildman–Crippen MR) is 60.4 cm³/mol. The first-order valence-corrected chi connectivity index (χ1v) is 4.82. The molecule has 0 fully saturated rings. The van der Waals surface area contributed by atoms with Gasteiger partial charge >= 0.3 is 6.09 Å². The fraction of sp³-hybridized carbons (Fsp3) is 0.667. The van der Waals surface area contributed by atoms with Crippen molar-refractivity contribution in [1.29, 1.82) is 0 Å². The molecule has 0 heterocycles. The van der Waals surface area contributed by atoms with Crippen LogP contribution in [0.4, 0.5) is 4.79 Å². The van der Waals surface area contributed by atoms with Crippen molar-refractivity contribution >= 4 is 18.7 Å². The van der Waals surface area contributed by atoms with E-state index in [0.29, 0.717) is 6.54 Å². The van der Waals surface area contributed by atoms with E-state index in [1.807, 2.05) is 20.8 Å². The predicted octanol–water partition coefficient (Wildman–Crippen LogP) is 1.50. The van der Waals surface area contributed by atoms with Gasteiger partial charge in [0.2, 0.25) is 0 Å². The van der Waals surface area contributed by atoms with Gasteiger partial charge in [-0.15, -0.1) is 12.6 Å². The lowest BCUT2D eigenvalue weighted by Crippen LogP contribution is -2.33. The van der Waals surface area contributed by atoms with Crippen LogP contribution in [0.5, 0.6) is 0 Å². The van der Waals surface area contributed by atoms with E-state index in [1.165, 1.54) is 0 Å². The summed E-state index contributed by atoms with van der Waals surface area (Å²) in [6.45, 7) is 5.81. The number of alkyl carbamates (subject to hydrolysis) is 1. The molecule has 0 saturated carbocycles. The molecule has 0 rings (SSSR count). The first-order chi connectivity index (χ1) is 6.35. The van der Waals surface area contributed by atoms with Gasteiger partial charge in [-0.05, 0) is 20.8 Å². The van der Waals surface area contributed by atoms with Crippen molar-refractivity contribution in [2.24, 2.45) is 0 Å². The van der Waals surface area contributed by atoms with Crippen LogP contribution in [0.25, 0.3) is 0 Å². The van der Waals surface area contributed by atoms with E-state index in [9.17, 15) is 4.79 Å². The zero-order chi connectivity index (χ0) is 11.2. The van der Waals surface area contributed by atoms with Gasteiger partial charge in [0.05, 0.1) is 6.54 Å². The third kappa shape index (κ3) is 7.79. The van der Waals surface area contributed by atoms with Gasteiger partial charge < -0.3 is 15.4 Å². The van der Waals surface area contributed by atoms with Crippen molar-refractivity contribution in [2.45, 2.75) is 26.4 Å². The fourth-order valence-corrected chi connectivity index (χ4v) is 0.903. The van der Waals surface area contributed by atoms with Crippen LogP contribution in [-0.4, -0.2) is 25.3 Å². The van der Waals surface area contributed by atoms with Gasteiger partial charge in [0.15, 0.2) is 0 Å². The van der Waals surface area contributed by atoms with Crippen LogP contribution in [0.2, 0.25) is 0 Å². The van der Waals surface area contributed by atoms with Crippen LogP contribution < -0.4 is 10.6 Å². The molecule has 0 saturated heterocycles. The highest BCUT2D eigenvalue weighted by Crippen LogP contribution is 2.06. The highest BCUT2D eigenvalue weighted by molar-refractivity contribution is 7.84. The molecule has 0 atom stereocenters. The summed E-state index contributed by atoms with van der Waals surface area (Å²) < 4.78 is 5.03. The number of amides is 1. The molecule has 5 heteroatoms. The topological polar surface area (TPSA) is 50.4 Å². The van der Waals surface area contributed by atoms with E-state index in [0.717, 1.165) is 4.91 Å². The van der Waals surface area contributed by atoms with E-state index in [1.54, 1.807) is 13.2 Å². The molecule has 0 aromatic carbocycles. The Morgan fingerprint density at radius 2 is 2.07 bits per heavy atom. The molecule has 14 heavy (non-hydrogen) atoms. The average molecular weight is 218 g/mol. The van der Waals surface area contributed by atoms with Crippen LogP contribution >= 0.6 is 12.6 Å². The molecular formula is C9H18N2O2S. The summed E-state index contributed by atoms with van der Waals surface area (Å²) >= 11 is 4.12. The third-order valence-corrected chi connectivity index (χ3v) is 1.41. The van der Waals surface area contributed by atoms with Crippen molar-refractivity contribution in [3.8, 4) is 0 Å². The van der Waals surface area contributed by atoms with Gasteiger partial charge in [-0.3, -0.25) is 0 Å². The minimum Gasteiger partial charge on any atom is -0.444 e. The summed E-state index contributed by atoms with van der Waals surface area (Å²) in [7, 11) is 1.77. The van der Waals surface area contributed by atoms with Gasteiger partial charge in [0.1, 0.15) is 5.60 Å². The maximum atomic E-state index is 11.2. The maximum Gasteiger partial charge on any atom is 0.407 e. The number of nitrogens with one attached hydrogen (secondary N) is 2. The number of hydrogen-bond donors (Lipinski definition) is 3. The lowest BCUT2D eigenvalue weighted by atomic mass is 10.2. The molecule has 0 aromatic heterocycles. The standard InChI is InChI=1S/C9H18N2O2S/c1-9(2,3)13-8(12)11-6-7(14)5-10-4/h5,10,14H,6H2,1-4H3,(H,11,12)/b7-5-. The first kappa shape index (κ1) is 13.2. The Balaban J connectivity index is 3.81. The van der Waals surface area contributed by atoms with Crippen molar-refractivity contribution < 1.29 is 9.53 Å². The zero-order valence-electron chi connectivity index (χ0n) is 9.05. The van der Waals surface area contributed by atoms with E-state index in [2.05, 4.69) is 23.3 Å². The third-order valence-electron chi connectivity index (χ3n) is 1.12. The molecule has 0 aliphatic heterocycles. The monoisotopic (exact) mass is 218 g/mol. The highest BCUT2D eigenvalue weighted by atomic mass is 32.1. The molecule has 82 valence electrons. The summed E-state index contributed by atoms with van der Waals surface area (Å²) in [5.74, 6) is 0. The number of thiol groups is 1. The van der Waals surface area contributed by atoms with Gasteiger partial charge in [-0.1, -0.05) is 0 Å². The second kappa shape index (κ2) is 5.80. The van der Waals surface area contributed by atoms with Crippen LogP contribution in [0.15, 0.2) is 11.1 Å². The summed E-state index contributed by atoms with van der Waals surface area (Å²) in [6.07, 6.45) is 1.26. The molecular weight excluding hydrogens is 200 g/mol. The Morgan fingerprint density at radius 3 is 2.50 bits per heavy atom. The minimum atomic E-state index is -0.465. The number of hydrogen-bond acceptors (Lipinski definition) is 4. The molecule has 0 aliphatic carbocycles. The molecule has 2 N–H and O–H groups in total. The molecule has 0 spiro atoms. The summed E-state index contributed by atoms with van der Waals surface area (Å²) in [4.78, 5) is 11.9. The van der Waals surface area contributed by atoms with E-state index in [-0.39, 0.29) is 0 Å². The lowest BCUT2D eigenvalue weighted by Gasteiger charge is -2.19. The number of carbonyl (C=O) groups is 1. The molecule has 0 unspecified atom stereocenters. The van der Waals surface area contributed by atoms with E-state index >= 15 is 0 Å². The molecule has 0 radical (unpaired) electrons. The molecule has 0 bridgehead atoms. The Morgan fingerprint density at radius 1 is 1.50 bits per heavy atom. The average Bonchev–Trinajstić information content (AvgIpc) is 1.98. The highest BCUT2D eigenvalue weighted by Gasteiger charge is 2.15. The largest absolute Gasteiger partial charge is 0.444 e. The normalized spacial score (nSPS) is 12.2. The maximum absolute atomic E-state index is 11.2. The van der Waals surface area contributed by atoms with E-state index in [4.69, 9.17) is 4.74 Å². The molecule has 1 amide bonds. The van der Waals surface area contributed by atoms with Crippen molar-refractivity contribution in [2.75, 3.05) is 13.6 Å². The number of ether oxygens (including phenoxy) is 1. The zero-order valence-corrected chi connectivity index (χ0v) is 9.94. The fourth-order valence-electron chi connectivity index (χ4n) is 0.695. The van der Waals surface area contributed by atoms with Gasteiger partial charge in [0.25, 0.3) is 0 Å². The Kier molecular flexibility index (Phi) is 5.45. The Labute approximate surface area is 90.5 Å². The number of carbonyl (C=O) groups excluding carboxylic acids is 1.